The lowest BCUT2D eigenvalue weighted by molar-refractivity contribution is -0.119. The number of nitrogens with zero attached hydrogens (tertiary/aromatic N) is 2. The second-order valence-corrected chi connectivity index (χ2v) is 10.2. The molecule has 2 amide bonds. The van der Waals surface area contributed by atoms with Crippen molar-refractivity contribution in [1.82, 2.24) is 20.4 Å². The topological polar surface area (TPSA) is 106 Å². The monoisotopic (exact) mass is 474 g/mol. The molecule has 3 heterocycles. The first-order valence-corrected chi connectivity index (χ1v) is 12.5. The molecular formula is C22H26N4O4S2. The van der Waals surface area contributed by atoms with Crippen LogP contribution >= 0.6 is 23.1 Å². The standard InChI is InChI=1S/C22H26N4O4S2/c1-13(2)9-10-26-21(29)18-14-6-3-4-8-16(14)32-20(18)23-22(26)31-12-17(27)24-25-19(28)15-7-5-11-30-15/h5,7,11,13H,3-4,6,8-10,12H2,1-2H3,(H,24,27)(H,25,28). The lowest BCUT2D eigenvalue weighted by Crippen LogP contribution is -2.42. The van der Waals surface area contributed by atoms with E-state index in [9.17, 15) is 14.4 Å². The number of thiophene rings is 1. The van der Waals surface area contributed by atoms with Crippen molar-refractivity contribution < 1.29 is 14.0 Å². The molecule has 0 bridgehead atoms. The van der Waals surface area contributed by atoms with Crippen LogP contribution in [0.3, 0.4) is 0 Å². The molecule has 3 aromatic rings. The van der Waals surface area contributed by atoms with Crippen LogP contribution in [0.4, 0.5) is 0 Å². The van der Waals surface area contributed by atoms with Crippen LogP contribution in [0.15, 0.2) is 32.8 Å². The Labute approximate surface area is 193 Å². The molecule has 10 heteroatoms. The summed E-state index contributed by atoms with van der Waals surface area (Å²) in [5.41, 5.74) is 5.85. The van der Waals surface area contributed by atoms with Gasteiger partial charge in [0, 0.05) is 11.4 Å². The van der Waals surface area contributed by atoms with Crippen LogP contribution in [0, 0.1) is 5.92 Å². The van der Waals surface area contributed by atoms with Crippen LogP contribution in [0.5, 0.6) is 0 Å². The highest BCUT2D eigenvalue weighted by molar-refractivity contribution is 7.99. The highest BCUT2D eigenvalue weighted by Gasteiger charge is 2.22. The Hall–Kier alpha value is -2.59. The predicted molar refractivity (Wildman–Crippen MR) is 125 cm³/mol. The van der Waals surface area contributed by atoms with Crippen LogP contribution < -0.4 is 16.4 Å². The van der Waals surface area contributed by atoms with Gasteiger partial charge in [0.25, 0.3) is 5.56 Å². The number of rotatable bonds is 7. The number of carbonyl (C=O) groups is 2. The maximum absolute atomic E-state index is 13.4. The predicted octanol–water partition coefficient (Wildman–Crippen LogP) is 3.53. The Bertz CT molecular complexity index is 1180. The fourth-order valence-corrected chi connectivity index (χ4v) is 5.80. The lowest BCUT2D eigenvalue weighted by Gasteiger charge is -2.14. The van der Waals surface area contributed by atoms with E-state index in [1.165, 1.54) is 34.5 Å². The van der Waals surface area contributed by atoms with E-state index in [1.807, 2.05) is 0 Å². The van der Waals surface area contributed by atoms with Gasteiger partial charge in [-0.05, 0) is 55.7 Å². The van der Waals surface area contributed by atoms with Crippen LogP contribution in [-0.4, -0.2) is 27.1 Å². The van der Waals surface area contributed by atoms with Crippen molar-refractivity contribution in [3.05, 3.63) is 45.0 Å². The molecule has 170 valence electrons. The van der Waals surface area contributed by atoms with Crippen molar-refractivity contribution in [2.75, 3.05) is 5.75 Å². The van der Waals surface area contributed by atoms with E-state index >= 15 is 0 Å². The molecule has 0 aliphatic heterocycles. The number of aryl methyl sites for hydroxylation is 2. The van der Waals surface area contributed by atoms with E-state index in [0.29, 0.717) is 17.6 Å². The average Bonchev–Trinajstić information content (AvgIpc) is 3.43. The summed E-state index contributed by atoms with van der Waals surface area (Å²) in [6, 6.07) is 3.09. The molecule has 32 heavy (non-hydrogen) atoms. The van der Waals surface area contributed by atoms with E-state index in [2.05, 4.69) is 24.7 Å². The molecule has 0 unspecified atom stereocenters. The SMILES string of the molecule is CC(C)CCn1c(SCC(=O)NNC(=O)c2ccco2)nc2sc3c(c2c1=O)CCCC3. The van der Waals surface area contributed by atoms with Gasteiger partial charge in [-0.1, -0.05) is 25.6 Å². The van der Waals surface area contributed by atoms with Gasteiger partial charge in [0.1, 0.15) is 4.83 Å². The van der Waals surface area contributed by atoms with Crippen molar-refractivity contribution in [2.24, 2.45) is 5.92 Å². The van der Waals surface area contributed by atoms with E-state index in [-0.39, 0.29) is 17.1 Å². The molecule has 8 nitrogen and oxygen atoms in total. The first-order valence-electron chi connectivity index (χ1n) is 10.7. The summed E-state index contributed by atoms with van der Waals surface area (Å²) in [5, 5.41) is 1.29. The number of hydrogen-bond donors (Lipinski definition) is 2. The third-order valence-corrected chi connectivity index (χ3v) is 7.52. The maximum atomic E-state index is 13.4. The van der Waals surface area contributed by atoms with E-state index < -0.39 is 11.8 Å². The number of aromatic nitrogens is 2. The van der Waals surface area contributed by atoms with Crippen molar-refractivity contribution >= 4 is 45.1 Å². The third-order valence-electron chi connectivity index (χ3n) is 5.36. The first kappa shape index (κ1) is 22.6. The Balaban J connectivity index is 1.52. The minimum Gasteiger partial charge on any atom is -0.459 e. The molecule has 4 rings (SSSR count). The van der Waals surface area contributed by atoms with Crippen molar-refractivity contribution in [3.63, 3.8) is 0 Å². The second-order valence-electron chi connectivity index (χ2n) is 8.19. The Morgan fingerprint density at radius 3 is 2.84 bits per heavy atom. The summed E-state index contributed by atoms with van der Waals surface area (Å²) in [7, 11) is 0. The summed E-state index contributed by atoms with van der Waals surface area (Å²) < 4.78 is 6.70. The Kier molecular flexibility index (Phi) is 7.00. The molecule has 0 spiro atoms. The smallest absolute Gasteiger partial charge is 0.305 e. The molecule has 0 aromatic carbocycles. The highest BCUT2D eigenvalue weighted by Crippen LogP contribution is 2.34. The normalized spacial score (nSPS) is 13.3. The molecule has 1 aliphatic carbocycles. The molecule has 1 aliphatic rings. The van der Waals surface area contributed by atoms with Crippen LogP contribution in [0.2, 0.25) is 0 Å². The number of nitrogens with one attached hydrogen (secondary N) is 2. The molecule has 0 radical (unpaired) electrons. The minimum absolute atomic E-state index is 0.0101. The summed E-state index contributed by atoms with van der Waals surface area (Å²) in [6.07, 6.45) is 6.41. The third kappa shape index (κ3) is 4.91. The van der Waals surface area contributed by atoms with Gasteiger partial charge in [0.2, 0.25) is 5.91 Å². The number of carbonyl (C=O) groups excluding carboxylic acids is 2. The quantitative estimate of drug-likeness (QED) is 0.308. The average molecular weight is 475 g/mol. The van der Waals surface area contributed by atoms with Gasteiger partial charge in [-0.2, -0.15) is 0 Å². The number of hydrazine groups is 1. The summed E-state index contributed by atoms with van der Waals surface area (Å²) >= 11 is 2.80. The summed E-state index contributed by atoms with van der Waals surface area (Å²) in [6.45, 7) is 4.79. The zero-order chi connectivity index (χ0) is 22.7. The molecule has 0 saturated carbocycles. The first-order chi connectivity index (χ1) is 15.4. The molecule has 0 fully saturated rings. The van der Waals surface area contributed by atoms with Crippen LogP contribution in [0.1, 0.15) is 54.1 Å². The maximum Gasteiger partial charge on any atom is 0.305 e. The summed E-state index contributed by atoms with van der Waals surface area (Å²) in [4.78, 5) is 44.4. The Morgan fingerprint density at radius 2 is 2.09 bits per heavy atom. The number of thioether (sulfide) groups is 1. The molecule has 3 aromatic heterocycles. The number of fused-ring (bicyclic) bond motifs is 3. The summed E-state index contributed by atoms with van der Waals surface area (Å²) in [5.74, 6) is -0.374. The molecule has 0 saturated heterocycles. The van der Waals surface area contributed by atoms with E-state index in [4.69, 9.17) is 9.40 Å². The lowest BCUT2D eigenvalue weighted by atomic mass is 9.97. The van der Waals surface area contributed by atoms with Crippen molar-refractivity contribution in [1.29, 1.82) is 0 Å². The van der Waals surface area contributed by atoms with Crippen LogP contribution in [0.25, 0.3) is 10.2 Å². The zero-order valence-corrected chi connectivity index (χ0v) is 19.7. The molecular weight excluding hydrogens is 448 g/mol. The van der Waals surface area contributed by atoms with E-state index in [0.717, 1.165) is 42.3 Å². The minimum atomic E-state index is -0.536. The second kappa shape index (κ2) is 9.91. The van der Waals surface area contributed by atoms with Gasteiger partial charge < -0.3 is 4.42 Å². The van der Waals surface area contributed by atoms with Gasteiger partial charge in [0.05, 0.1) is 17.4 Å². The van der Waals surface area contributed by atoms with Crippen LogP contribution in [-0.2, 0) is 24.2 Å². The van der Waals surface area contributed by atoms with Gasteiger partial charge in [-0.25, -0.2) is 4.98 Å². The fraction of sp³-hybridized carbons (Fsp3) is 0.455. The molecule has 2 N–H and O–H groups in total. The Morgan fingerprint density at radius 1 is 1.28 bits per heavy atom. The zero-order valence-electron chi connectivity index (χ0n) is 18.1. The van der Waals surface area contributed by atoms with Gasteiger partial charge in [-0.15, -0.1) is 11.3 Å². The van der Waals surface area contributed by atoms with Gasteiger partial charge >= 0.3 is 5.91 Å². The van der Waals surface area contributed by atoms with Gasteiger partial charge in [0.15, 0.2) is 10.9 Å². The number of amides is 2. The van der Waals surface area contributed by atoms with Gasteiger partial charge in [-0.3, -0.25) is 29.8 Å². The highest BCUT2D eigenvalue weighted by atomic mass is 32.2. The number of hydrogen-bond acceptors (Lipinski definition) is 7. The number of furan rings is 1. The van der Waals surface area contributed by atoms with E-state index in [1.54, 1.807) is 22.0 Å². The largest absolute Gasteiger partial charge is 0.459 e. The van der Waals surface area contributed by atoms with Crippen molar-refractivity contribution in [2.45, 2.75) is 57.7 Å². The van der Waals surface area contributed by atoms with Crippen molar-refractivity contribution in [3.8, 4) is 0 Å². The molecule has 0 atom stereocenters. The fourth-order valence-electron chi connectivity index (χ4n) is 3.68.